The van der Waals surface area contributed by atoms with Crippen molar-refractivity contribution in [1.82, 2.24) is 24.6 Å². The molecular weight excluding hydrogens is 306 g/mol. The van der Waals surface area contributed by atoms with Crippen molar-refractivity contribution in [3.63, 3.8) is 0 Å². The van der Waals surface area contributed by atoms with Crippen LogP contribution >= 0.6 is 0 Å². The van der Waals surface area contributed by atoms with Crippen molar-refractivity contribution in [2.75, 3.05) is 27.2 Å². The molecule has 0 saturated carbocycles. The van der Waals surface area contributed by atoms with E-state index < -0.39 is 0 Å². The molecule has 1 atom stereocenters. The second-order valence-corrected chi connectivity index (χ2v) is 6.25. The van der Waals surface area contributed by atoms with Crippen LogP contribution in [0.25, 0.3) is 0 Å². The number of rotatable bonds is 5. The number of carbonyl (C=O) groups is 1. The Bertz CT molecular complexity index is 671. The van der Waals surface area contributed by atoms with E-state index in [4.69, 9.17) is 4.74 Å². The highest BCUT2D eigenvalue weighted by atomic mass is 16.5. The van der Waals surface area contributed by atoms with Gasteiger partial charge in [0.1, 0.15) is 12.4 Å². The normalized spacial score (nSPS) is 17.5. The molecule has 128 valence electrons. The highest BCUT2D eigenvalue weighted by Crippen LogP contribution is 2.19. The minimum absolute atomic E-state index is 0.0133. The summed E-state index contributed by atoms with van der Waals surface area (Å²) in [5.74, 6) is 0.828. The third-order valence-electron chi connectivity index (χ3n) is 4.10. The van der Waals surface area contributed by atoms with Gasteiger partial charge in [-0.3, -0.25) is 14.5 Å². The lowest BCUT2D eigenvalue weighted by atomic mass is 10.2. The number of aryl methyl sites for hydroxylation is 1. The van der Waals surface area contributed by atoms with Crippen molar-refractivity contribution in [2.24, 2.45) is 0 Å². The molecule has 0 aromatic carbocycles. The summed E-state index contributed by atoms with van der Waals surface area (Å²) < 4.78 is 7.83. The molecule has 0 bridgehead atoms. The van der Waals surface area contributed by atoms with E-state index in [0.29, 0.717) is 19.7 Å². The number of fused-ring (bicyclic) bond motifs is 1. The van der Waals surface area contributed by atoms with Crippen LogP contribution in [0.15, 0.2) is 36.8 Å². The monoisotopic (exact) mass is 329 g/mol. The van der Waals surface area contributed by atoms with Gasteiger partial charge in [0, 0.05) is 18.9 Å². The fourth-order valence-corrected chi connectivity index (χ4v) is 2.88. The zero-order chi connectivity index (χ0) is 16.9. The largest absolute Gasteiger partial charge is 0.490 e. The number of carbonyl (C=O) groups excluding carboxylic acids is 1. The van der Waals surface area contributed by atoms with E-state index in [9.17, 15) is 4.79 Å². The summed E-state index contributed by atoms with van der Waals surface area (Å²) in [6.45, 7) is 2.19. The number of amides is 1. The van der Waals surface area contributed by atoms with Crippen LogP contribution in [0, 0.1) is 0 Å². The van der Waals surface area contributed by atoms with Gasteiger partial charge >= 0.3 is 0 Å². The first kappa shape index (κ1) is 16.4. The lowest BCUT2D eigenvalue weighted by molar-refractivity contribution is -0.135. The molecular formula is C17H23N5O2. The first-order valence-electron chi connectivity index (χ1n) is 8.11. The van der Waals surface area contributed by atoms with Crippen molar-refractivity contribution in [3.8, 4) is 5.75 Å². The van der Waals surface area contributed by atoms with Crippen molar-refractivity contribution in [2.45, 2.75) is 25.6 Å². The maximum absolute atomic E-state index is 12.7. The summed E-state index contributed by atoms with van der Waals surface area (Å²) in [7, 11) is 3.81. The number of aromatic nitrogens is 3. The molecule has 0 N–H and O–H groups in total. The highest BCUT2D eigenvalue weighted by molar-refractivity contribution is 5.78. The van der Waals surface area contributed by atoms with Gasteiger partial charge < -0.3 is 14.5 Å². The van der Waals surface area contributed by atoms with Crippen LogP contribution in [0.5, 0.6) is 5.75 Å². The van der Waals surface area contributed by atoms with Crippen molar-refractivity contribution in [1.29, 1.82) is 0 Å². The Morgan fingerprint density at radius 1 is 1.38 bits per heavy atom. The van der Waals surface area contributed by atoms with E-state index in [1.807, 2.05) is 46.8 Å². The molecule has 1 aliphatic heterocycles. The number of hydrogen-bond donors (Lipinski definition) is 0. The smallest absolute Gasteiger partial charge is 0.237 e. The molecule has 0 saturated heterocycles. The Kier molecular flexibility index (Phi) is 5.10. The third kappa shape index (κ3) is 3.91. The van der Waals surface area contributed by atoms with Gasteiger partial charge in [0.25, 0.3) is 0 Å². The van der Waals surface area contributed by atoms with Crippen LogP contribution in [-0.2, 0) is 17.9 Å². The Morgan fingerprint density at radius 2 is 2.25 bits per heavy atom. The van der Waals surface area contributed by atoms with Gasteiger partial charge in [-0.1, -0.05) is 0 Å². The van der Waals surface area contributed by atoms with E-state index in [2.05, 4.69) is 10.1 Å². The number of hydrogen-bond acceptors (Lipinski definition) is 5. The molecule has 2 aromatic rings. The molecule has 1 unspecified atom stereocenters. The molecule has 3 rings (SSSR count). The maximum atomic E-state index is 12.7. The molecule has 0 aliphatic carbocycles. The van der Waals surface area contributed by atoms with E-state index in [1.54, 1.807) is 18.6 Å². The second kappa shape index (κ2) is 7.44. The fraction of sp³-hybridized carbons (Fsp3) is 0.471. The Hall–Kier alpha value is -2.41. The van der Waals surface area contributed by atoms with Gasteiger partial charge in [-0.2, -0.15) is 5.10 Å². The number of likely N-dealkylation sites (N-methyl/N-ethyl adjacent to an activating group) is 1. The van der Waals surface area contributed by atoms with E-state index >= 15 is 0 Å². The topological polar surface area (TPSA) is 63.5 Å². The molecule has 0 fully saturated rings. The lowest BCUT2D eigenvalue weighted by Gasteiger charge is -2.30. The summed E-state index contributed by atoms with van der Waals surface area (Å²) >= 11 is 0. The molecule has 0 radical (unpaired) electrons. The zero-order valence-corrected chi connectivity index (χ0v) is 14.1. The van der Waals surface area contributed by atoms with Crippen molar-refractivity contribution < 1.29 is 9.53 Å². The van der Waals surface area contributed by atoms with Gasteiger partial charge in [-0.25, -0.2) is 0 Å². The first-order valence-corrected chi connectivity index (χ1v) is 8.11. The summed E-state index contributed by atoms with van der Waals surface area (Å²) in [5, 5.41) is 4.34. The van der Waals surface area contributed by atoms with Gasteiger partial charge in [0.15, 0.2) is 0 Å². The average Bonchev–Trinajstić information content (AvgIpc) is 2.93. The number of ether oxygens (including phenoxy) is 1. The van der Waals surface area contributed by atoms with Crippen LogP contribution in [0.2, 0.25) is 0 Å². The van der Waals surface area contributed by atoms with E-state index in [1.165, 1.54) is 0 Å². The fourth-order valence-electron chi connectivity index (χ4n) is 2.88. The van der Waals surface area contributed by atoms with Crippen LogP contribution in [-0.4, -0.2) is 63.8 Å². The minimum atomic E-state index is 0.0133. The number of nitrogens with zero attached hydrogens (tertiary/aromatic N) is 5. The predicted molar refractivity (Wildman–Crippen MR) is 89.5 cm³/mol. The standard InChI is InChI=1S/C17H23N5O2/c1-20(2)12-17(23)21-11-14-5-8-19-22(14)9-6-15(21)13-24-16-4-3-7-18-10-16/h3-5,7-8,10,15H,6,9,11-13H2,1-2H3. The zero-order valence-electron chi connectivity index (χ0n) is 14.1. The van der Waals surface area contributed by atoms with Gasteiger partial charge in [0.05, 0.1) is 31.0 Å². The molecule has 2 aromatic heterocycles. The first-order chi connectivity index (χ1) is 11.6. The molecule has 1 amide bonds. The Labute approximate surface area is 141 Å². The summed E-state index contributed by atoms with van der Waals surface area (Å²) in [6.07, 6.45) is 6.00. The Morgan fingerprint density at radius 3 is 3.00 bits per heavy atom. The second-order valence-electron chi connectivity index (χ2n) is 6.25. The van der Waals surface area contributed by atoms with Gasteiger partial charge in [-0.15, -0.1) is 0 Å². The molecule has 7 heteroatoms. The molecule has 7 nitrogen and oxygen atoms in total. The Balaban J connectivity index is 1.74. The molecule has 3 heterocycles. The summed E-state index contributed by atoms with van der Waals surface area (Å²) in [6, 6.07) is 5.70. The van der Waals surface area contributed by atoms with Gasteiger partial charge in [0.2, 0.25) is 5.91 Å². The van der Waals surface area contributed by atoms with Crippen LogP contribution in [0.3, 0.4) is 0 Å². The minimum Gasteiger partial charge on any atom is -0.490 e. The van der Waals surface area contributed by atoms with E-state index in [0.717, 1.165) is 24.4 Å². The molecule has 24 heavy (non-hydrogen) atoms. The average molecular weight is 329 g/mol. The number of pyridine rings is 1. The molecule has 0 spiro atoms. The highest BCUT2D eigenvalue weighted by Gasteiger charge is 2.28. The lowest BCUT2D eigenvalue weighted by Crippen LogP contribution is -2.46. The maximum Gasteiger partial charge on any atom is 0.237 e. The third-order valence-corrected chi connectivity index (χ3v) is 4.10. The quantitative estimate of drug-likeness (QED) is 0.819. The van der Waals surface area contributed by atoms with Gasteiger partial charge in [-0.05, 0) is 38.7 Å². The summed E-state index contributed by atoms with van der Waals surface area (Å²) in [4.78, 5) is 20.6. The van der Waals surface area contributed by atoms with Crippen LogP contribution in [0.4, 0.5) is 0 Å². The SMILES string of the molecule is CN(C)CC(=O)N1Cc2ccnn2CCC1COc1cccnc1. The van der Waals surface area contributed by atoms with Crippen LogP contribution < -0.4 is 4.74 Å². The van der Waals surface area contributed by atoms with E-state index in [-0.39, 0.29) is 11.9 Å². The van der Waals surface area contributed by atoms with Crippen LogP contribution in [0.1, 0.15) is 12.1 Å². The van der Waals surface area contributed by atoms with Crippen molar-refractivity contribution in [3.05, 3.63) is 42.5 Å². The van der Waals surface area contributed by atoms with Crippen molar-refractivity contribution >= 4 is 5.91 Å². The predicted octanol–water partition coefficient (Wildman–Crippen LogP) is 1.02. The summed E-state index contributed by atoms with van der Waals surface area (Å²) in [5.41, 5.74) is 1.06. The molecule has 1 aliphatic rings.